The van der Waals surface area contributed by atoms with E-state index in [0.717, 1.165) is 0 Å². The Balaban J connectivity index is 1.52. The Hall–Kier alpha value is -3.35. The van der Waals surface area contributed by atoms with Crippen LogP contribution in [0.1, 0.15) is 29.6 Å². The lowest BCUT2D eigenvalue weighted by molar-refractivity contribution is -0.116. The molecule has 27 heavy (non-hydrogen) atoms. The molecule has 0 fully saturated rings. The minimum absolute atomic E-state index is 0.0158. The van der Waals surface area contributed by atoms with Crippen LogP contribution in [0, 0.1) is 0 Å². The van der Waals surface area contributed by atoms with Gasteiger partial charge in [-0.15, -0.1) is 0 Å². The van der Waals surface area contributed by atoms with Crippen LogP contribution in [0.4, 0.5) is 5.69 Å². The van der Waals surface area contributed by atoms with E-state index in [2.05, 4.69) is 5.32 Å². The fourth-order valence-electron chi connectivity index (χ4n) is 2.77. The van der Waals surface area contributed by atoms with Gasteiger partial charge in [0.25, 0.3) is 0 Å². The number of carbonyl (C=O) groups excluding carboxylic acids is 2. The molecule has 0 spiro atoms. The summed E-state index contributed by atoms with van der Waals surface area (Å²) in [5, 5.41) is 2.75. The molecule has 7 nitrogen and oxygen atoms in total. The second kappa shape index (κ2) is 7.90. The summed E-state index contributed by atoms with van der Waals surface area (Å²) in [6, 6.07) is 11.9. The summed E-state index contributed by atoms with van der Waals surface area (Å²) in [5.74, 6) is 0.0239. The number of anilines is 1. The molecule has 3 aromatic rings. The van der Waals surface area contributed by atoms with Crippen molar-refractivity contribution in [2.75, 3.05) is 12.4 Å². The molecule has 0 saturated carbocycles. The van der Waals surface area contributed by atoms with Crippen molar-refractivity contribution < 1.29 is 18.7 Å². The third-order valence-electron chi connectivity index (χ3n) is 4.30. The standard InChI is InChI=1S/C20H20N2O5/c1-22-16-11-8-14(12-18(16)27-20(22)25)21-19(24)5-3-4-17(23)13-6-9-15(26-2)10-7-13/h6-12H,3-5H2,1-2H3,(H,21,24). The number of benzene rings is 2. The summed E-state index contributed by atoms with van der Waals surface area (Å²) in [6.07, 6.45) is 0.949. The van der Waals surface area contributed by atoms with Gasteiger partial charge in [-0.2, -0.15) is 0 Å². The number of carbonyl (C=O) groups is 2. The zero-order valence-electron chi connectivity index (χ0n) is 15.2. The van der Waals surface area contributed by atoms with Gasteiger partial charge < -0.3 is 14.5 Å². The van der Waals surface area contributed by atoms with Crippen molar-refractivity contribution in [2.24, 2.45) is 7.05 Å². The molecule has 1 amide bonds. The number of hydrogen-bond acceptors (Lipinski definition) is 5. The topological polar surface area (TPSA) is 90.5 Å². The van der Waals surface area contributed by atoms with Gasteiger partial charge in [0.1, 0.15) is 5.75 Å². The molecule has 0 unspecified atom stereocenters. The monoisotopic (exact) mass is 368 g/mol. The van der Waals surface area contributed by atoms with Gasteiger partial charge in [-0.1, -0.05) is 0 Å². The van der Waals surface area contributed by atoms with Crippen LogP contribution in [0.25, 0.3) is 11.1 Å². The molecule has 0 radical (unpaired) electrons. The van der Waals surface area contributed by atoms with Gasteiger partial charge in [-0.3, -0.25) is 14.2 Å². The van der Waals surface area contributed by atoms with Crippen LogP contribution in [-0.4, -0.2) is 23.4 Å². The van der Waals surface area contributed by atoms with E-state index in [1.54, 1.807) is 56.6 Å². The Morgan fingerprint density at radius 2 is 1.85 bits per heavy atom. The van der Waals surface area contributed by atoms with Crippen LogP contribution in [-0.2, 0) is 11.8 Å². The number of oxazole rings is 1. The number of ketones is 1. The van der Waals surface area contributed by atoms with E-state index in [4.69, 9.17) is 9.15 Å². The number of aromatic nitrogens is 1. The van der Waals surface area contributed by atoms with Crippen molar-refractivity contribution in [2.45, 2.75) is 19.3 Å². The first-order valence-corrected chi connectivity index (χ1v) is 8.54. The van der Waals surface area contributed by atoms with Crippen LogP contribution in [0.5, 0.6) is 5.75 Å². The number of hydrogen-bond donors (Lipinski definition) is 1. The maximum absolute atomic E-state index is 12.1. The predicted octanol–water partition coefficient (Wildman–Crippen LogP) is 3.13. The SMILES string of the molecule is COc1ccc(C(=O)CCCC(=O)Nc2ccc3c(c2)oc(=O)n3C)cc1. The number of ether oxygens (including phenoxy) is 1. The minimum atomic E-state index is -0.453. The molecule has 0 bridgehead atoms. The molecular formula is C20H20N2O5. The summed E-state index contributed by atoms with van der Waals surface area (Å²) in [6.45, 7) is 0. The van der Waals surface area contributed by atoms with E-state index in [-0.39, 0.29) is 24.5 Å². The van der Waals surface area contributed by atoms with Crippen LogP contribution in [0.2, 0.25) is 0 Å². The van der Waals surface area contributed by atoms with Crippen molar-refractivity contribution in [3.63, 3.8) is 0 Å². The second-order valence-corrected chi connectivity index (χ2v) is 6.16. The molecule has 7 heteroatoms. The van der Waals surface area contributed by atoms with Crippen LogP contribution >= 0.6 is 0 Å². The van der Waals surface area contributed by atoms with Crippen molar-refractivity contribution in [1.29, 1.82) is 0 Å². The molecule has 2 aromatic carbocycles. The Labute approximate surface area is 155 Å². The van der Waals surface area contributed by atoms with E-state index >= 15 is 0 Å². The fraction of sp³-hybridized carbons (Fsp3) is 0.250. The van der Waals surface area contributed by atoms with Crippen molar-refractivity contribution >= 4 is 28.5 Å². The summed E-state index contributed by atoms with van der Waals surface area (Å²) in [7, 11) is 3.19. The Bertz CT molecular complexity index is 1030. The van der Waals surface area contributed by atoms with E-state index < -0.39 is 5.76 Å². The summed E-state index contributed by atoms with van der Waals surface area (Å²) >= 11 is 0. The smallest absolute Gasteiger partial charge is 0.419 e. The molecule has 0 aliphatic rings. The van der Waals surface area contributed by atoms with Gasteiger partial charge in [0.2, 0.25) is 5.91 Å². The molecule has 0 atom stereocenters. The number of aryl methyl sites for hydroxylation is 1. The highest BCUT2D eigenvalue weighted by atomic mass is 16.5. The number of rotatable bonds is 7. The number of methoxy groups -OCH3 is 1. The quantitative estimate of drug-likeness (QED) is 0.647. The minimum Gasteiger partial charge on any atom is -0.497 e. The molecule has 140 valence electrons. The maximum atomic E-state index is 12.1. The van der Waals surface area contributed by atoms with Crippen molar-refractivity contribution in [3.05, 3.63) is 58.6 Å². The fourth-order valence-corrected chi connectivity index (χ4v) is 2.77. The summed E-state index contributed by atoms with van der Waals surface area (Å²) in [5.41, 5.74) is 2.21. The van der Waals surface area contributed by atoms with Gasteiger partial charge in [-0.25, -0.2) is 4.79 Å². The first-order chi connectivity index (χ1) is 13.0. The van der Waals surface area contributed by atoms with Gasteiger partial charge in [0, 0.05) is 37.2 Å². The van der Waals surface area contributed by atoms with E-state index in [1.807, 2.05) is 0 Å². The molecule has 0 aliphatic heterocycles. The Morgan fingerprint density at radius 3 is 2.56 bits per heavy atom. The molecule has 0 aliphatic carbocycles. The van der Waals surface area contributed by atoms with E-state index in [9.17, 15) is 14.4 Å². The summed E-state index contributed by atoms with van der Waals surface area (Å²) in [4.78, 5) is 35.7. The number of fused-ring (bicyclic) bond motifs is 1. The Kier molecular flexibility index (Phi) is 5.40. The first kappa shape index (κ1) is 18.4. The first-order valence-electron chi connectivity index (χ1n) is 8.54. The maximum Gasteiger partial charge on any atom is 0.419 e. The highest BCUT2D eigenvalue weighted by molar-refractivity contribution is 5.97. The third kappa shape index (κ3) is 4.25. The molecule has 3 rings (SSSR count). The predicted molar refractivity (Wildman–Crippen MR) is 101 cm³/mol. The molecule has 1 heterocycles. The van der Waals surface area contributed by atoms with Gasteiger partial charge in [-0.05, 0) is 42.8 Å². The second-order valence-electron chi connectivity index (χ2n) is 6.16. The number of nitrogens with zero attached hydrogens (tertiary/aromatic N) is 1. The lowest BCUT2D eigenvalue weighted by Crippen LogP contribution is -2.12. The third-order valence-corrected chi connectivity index (χ3v) is 4.30. The Morgan fingerprint density at radius 1 is 1.11 bits per heavy atom. The zero-order chi connectivity index (χ0) is 19.4. The molecular weight excluding hydrogens is 348 g/mol. The van der Waals surface area contributed by atoms with Crippen LogP contribution < -0.4 is 15.8 Å². The summed E-state index contributed by atoms with van der Waals surface area (Å²) < 4.78 is 11.6. The average molecular weight is 368 g/mol. The zero-order valence-corrected chi connectivity index (χ0v) is 15.2. The molecule has 0 saturated heterocycles. The lowest BCUT2D eigenvalue weighted by Gasteiger charge is -2.06. The van der Waals surface area contributed by atoms with Crippen molar-refractivity contribution in [3.8, 4) is 5.75 Å². The highest BCUT2D eigenvalue weighted by Gasteiger charge is 2.10. The van der Waals surface area contributed by atoms with Crippen LogP contribution in [0.3, 0.4) is 0 Å². The number of nitrogens with one attached hydrogen (secondary N) is 1. The van der Waals surface area contributed by atoms with E-state index in [1.165, 1.54) is 4.57 Å². The highest BCUT2D eigenvalue weighted by Crippen LogP contribution is 2.18. The lowest BCUT2D eigenvalue weighted by atomic mass is 10.1. The largest absolute Gasteiger partial charge is 0.497 e. The van der Waals surface area contributed by atoms with Crippen LogP contribution in [0.15, 0.2) is 51.7 Å². The van der Waals surface area contributed by atoms with Gasteiger partial charge >= 0.3 is 5.76 Å². The van der Waals surface area contributed by atoms with Crippen molar-refractivity contribution in [1.82, 2.24) is 4.57 Å². The van der Waals surface area contributed by atoms with E-state index in [0.29, 0.717) is 34.5 Å². The number of Topliss-reactive ketones (excluding diaryl/α,β-unsaturated/α-hetero) is 1. The normalized spacial score (nSPS) is 10.7. The number of amides is 1. The molecule has 1 aromatic heterocycles. The molecule has 1 N–H and O–H groups in total. The van der Waals surface area contributed by atoms with Gasteiger partial charge in [0.05, 0.1) is 12.6 Å². The average Bonchev–Trinajstić information content (AvgIpc) is 2.95. The van der Waals surface area contributed by atoms with Gasteiger partial charge in [0.15, 0.2) is 11.4 Å².